The highest BCUT2D eigenvalue weighted by Gasteiger charge is 2.33. The fourth-order valence-corrected chi connectivity index (χ4v) is 0.239. The van der Waals surface area contributed by atoms with Gasteiger partial charge in [0.1, 0.15) is 12.7 Å². The molecule has 0 fully saturated rings. The molecule has 0 atom stereocenters. The Labute approximate surface area is 53.8 Å². The van der Waals surface area contributed by atoms with Crippen LogP contribution < -0.4 is 0 Å². The lowest BCUT2D eigenvalue weighted by molar-refractivity contribution is -0.305. The van der Waals surface area contributed by atoms with E-state index in [2.05, 4.69) is 4.74 Å². The fraction of sp³-hybridized carbons (Fsp3) is 0.500. The minimum Gasteiger partial charge on any atom is -0.373 e. The summed E-state index contributed by atoms with van der Waals surface area (Å²) in [6, 6.07) is 0. The van der Waals surface area contributed by atoms with Crippen LogP contribution in [-0.2, 0) is 14.3 Å². The first-order valence-electron chi connectivity index (χ1n) is 2.18. The van der Waals surface area contributed by atoms with E-state index in [-0.39, 0.29) is 6.29 Å². The van der Waals surface area contributed by atoms with Gasteiger partial charge in [-0.05, 0) is 0 Å². The molecule has 0 radical (unpaired) electrons. The van der Waals surface area contributed by atoms with Crippen LogP contribution in [0.1, 0.15) is 6.42 Å². The predicted octanol–water partition coefficient (Wildman–Crippen LogP) is 0.638. The monoisotopic (exact) mass is 156 g/mol. The highest BCUT2D eigenvalue weighted by atomic mass is 19.4. The zero-order valence-electron chi connectivity index (χ0n) is 4.64. The molecule has 0 aliphatic carbocycles. The van der Waals surface area contributed by atoms with Crippen molar-refractivity contribution in [2.45, 2.75) is 12.8 Å². The van der Waals surface area contributed by atoms with Crippen molar-refractivity contribution in [3.63, 3.8) is 0 Å². The van der Waals surface area contributed by atoms with Gasteiger partial charge in [0.2, 0.25) is 0 Å². The zero-order valence-corrected chi connectivity index (χ0v) is 4.64. The van der Waals surface area contributed by atoms with Gasteiger partial charge in [-0.2, -0.15) is 0 Å². The zero-order chi connectivity index (χ0) is 8.20. The van der Waals surface area contributed by atoms with Gasteiger partial charge in [0.25, 0.3) is 0 Å². The minimum absolute atomic E-state index is 0.0358. The van der Waals surface area contributed by atoms with E-state index < -0.39 is 18.8 Å². The summed E-state index contributed by atoms with van der Waals surface area (Å²) in [5.41, 5.74) is 0. The molecule has 0 heterocycles. The van der Waals surface area contributed by atoms with Gasteiger partial charge in [-0.25, -0.2) is 0 Å². The van der Waals surface area contributed by atoms with E-state index in [9.17, 15) is 22.8 Å². The first-order valence-corrected chi connectivity index (χ1v) is 2.18. The summed E-state index contributed by atoms with van der Waals surface area (Å²) in [6.45, 7) is 0. The Balaban J connectivity index is 3.68. The average molecular weight is 156 g/mol. The molecular formula is C4H3F3O3. The summed E-state index contributed by atoms with van der Waals surface area (Å²) in [6.07, 6.45) is -5.83. The van der Waals surface area contributed by atoms with E-state index >= 15 is 0 Å². The third-order valence-corrected chi connectivity index (χ3v) is 0.480. The van der Waals surface area contributed by atoms with Crippen molar-refractivity contribution in [1.82, 2.24) is 0 Å². The second-order valence-electron chi connectivity index (χ2n) is 1.29. The van der Waals surface area contributed by atoms with Gasteiger partial charge in [-0.15, -0.1) is 13.2 Å². The molecular weight excluding hydrogens is 153 g/mol. The number of esters is 1. The normalized spacial score (nSPS) is 10.7. The third kappa shape index (κ3) is 5.07. The number of carbonyl (C=O) groups is 2. The summed E-state index contributed by atoms with van der Waals surface area (Å²) >= 11 is 0. The van der Waals surface area contributed by atoms with E-state index in [0.29, 0.717) is 0 Å². The molecule has 6 heteroatoms. The highest BCUT2D eigenvalue weighted by molar-refractivity contribution is 5.83. The number of alkyl halides is 3. The second-order valence-corrected chi connectivity index (χ2v) is 1.29. The molecule has 0 spiro atoms. The lowest BCUT2D eigenvalue weighted by Gasteiger charge is -2.03. The molecule has 0 aromatic heterocycles. The maximum atomic E-state index is 11.1. The average Bonchev–Trinajstić information content (AvgIpc) is 1.59. The van der Waals surface area contributed by atoms with Crippen LogP contribution in [0.25, 0.3) is 0 Å². The summed E-state index contributed by atoms with van der Waals surface area (Å²) in [5.74, 6) is -1.59. The van der Waals surface area contributed by atoms with Crippen molar-refractivity contribution >= 4 is 12.3 Å². The smallest absolute Gasteiger partial charge is 0.373 e. The van der Waals surface area contributed by atoms with Gasteiger partial charge in [-0.1, -0.05) is 0 Å². The Hall–Kier alpha value is -1.07. The van der Waals surface area contributed by atoms with Gasteiger partial charge in [0.05, 0.1) is 0 Å². The number of aldehydes is 1. The van der Waals surface area contributed by atoms with E-state index in [1.807, 2.05) is 0 Å². The van der Waals surface area contributed by atoms with Crippen molar-refractivity contribution in [3.8, 4) is 0 Å². The van der Waals surface area contributed by atoms with Crippen LogP contribution in [0, 0.1) is 0 Å². The van der Waals surface area contributed by atoms with Crippen LogP contribution in [0.15, 0.2) is 0 Å². The van der Waals surface area contributed by atoms with Crippen LogP contribution in [0.5, 0.6) is 0 Å². The summed E-state index contributed by atoms with van der Waals surface area (Å²) in [7, 11) is 0. The predicted molar refractivity (Wildman–Crippen MR) is 22.8 cm³/mol. The Morgan fingerprint density at radius 3 is 2.30 bits per heavy atom. The van der Waals surface area contributed by atoms with Crippen LogP contribution >= 0.6 is 0 Å². The first-order chi connectivity index (χ1) is 4.45. The van der Waals surface area contributed by atoms with E-state index in [4.69, 9.17) is 0 Å². The van der Waals surface area contributed by atoms with E-state index in [0.717, 1.165) is 0 Å². The summed E-state index contributed by atoms with van der Waals surface area (Å²) in [4.78, 5) is 19.3. The molecule has 0 aromatic rings. The molecule has 0 aliphatic rings. The van der Waals surface area contributed by atoms with Crippen LogP contribution in [-0.4, -0.2) is 18.6 Å². The lowest BCUT2D eigenvalue weighted by atomic mass is 10.5. The first kappa shape index (κ1) is 8.93. The van der Waals surface area contributed by atoms with Gasteiger partial charge < -0.3 is 9.53 Å². The quantitative estimate of drug-likeness (QED) is 0.334. The maximum Gasteiger partial charge on any atom is 0.575 e. The molecule has 0 N–H and O–H groups in total. The maximum absolute atomic E-state index is 11.1. The van der Waals surface area contributed by atoms with Crippen LogP contribution in [0.2, 0.25) is 0 Å². The number of rotatable bonds is 2. The Bertz CT molecular complexity index is 139. The fourth-order valence-electron chi connectivity index (χ4n) is 0.239. The summed E-state index contributed by atoms with van der Waals surface area (Å²) < 4.78 is 36.0. The Morgan fingerprint density at radius 2 is 2.00 bits per heavy atom. The molecule has 0 amide bonds. The molecule has 0 saturated carbocycles. The van der Waals surface area contributed by atoms with Gasteiger partial charge in [0.15, 0.2) is 0 Å². The molecule has 3 nitrogen and oxygen atoms in total. The Kier molecular flexibility index (Phi) is 2.85. The molecule has 0 rings (SSSR count). The largest absolute Gasteiger partial charge is 0.575 e. The standard InChI is InChI=1S/C4H3F3O3/c5-4(6,7)10-3(9)1-2-8/h2H,1H2. The third-order valence-electron chi connectivity index (χ3n) is 0.480. The minimum atomic E-state index is -4.99. The number of carbonyl (C=O) groups excluding carboxylic acids is 2. The lowest BCUT2D eigenvalue weighted by Crippen LogP contribution is -2.19. The number of ether oxygens (including phenoxy) is 1. The molecule has 0 bridgehead atoms. The molecule has 10 heavy (non-hydrogen) atoms. The molecule has 0 unspecified atom stereocenters. The van der Waals surface area contributed by atoms with E-state index in [1.165, 1.54) is 0 Å². The number of hydrogen-bond acceptors (Lipinski definition) is 3. The SMILES string of the molecule is O=CCC(=O)OC(F)(F)F. The number of halogens is 3. The molecule has 0 aliphatic heterocycles. The van der Waals surface area contributed by atoms with Gasteiger partial charge >= 0.3 is 12.3 Å². The van der Waals surface area contributed by atoms with Crippen molar-refractivity contribution in [3.05, 3.63) is 0 Å². The van der Waals surface area contributed by atoms with Gasteiger partial charge in [0, 0.05) is 0 Å². The van der Waals surface area contributed by atoms with Crippen LogP contribution in [0.3, 0.4) is 0 Å². The molecule has 58 valence electrons. The van der Waals surface area contributed by atoms with Crippen LogP contribution in [0.4, 0.5) is 13.2 Å². The van der Waals surface area contributed by atoms with E-state index in [1.54, 1.807) is 0 Å². The highest BCUT2D eigenvalue weighted by Crippen LogP contribution is 2.16. The Morgan fingerprint density at radius 1 is 1.50 bits per heavy atom. The number of hydrogen-bond donors (Lipinski definition) is 0. The molecule has 0 aromatic carbocycles. The summed E-state index contributed by atoms with van der Waals surface area (Å²) in [5, 5.41) is 0. The topological polar surface area (TPSA) is 43.4 Å². The van der Waals surface area contributed by atoms with Gasteiger partial charge in [-0.3, -0.25) is 4.79 Å². The van der Waals surface area contributed by atoms with Crippen molar-refractivity contribution in [2.24, 2.45) is 0 Å². The molecule has 0 saturated heterocycles. The van der Waals surface area contributed by atoms with Crippen molar-refractivity contribution in [1.29, 1.82) is 0 Å². The van der Waals surface area contributed by atoms with Crippen molar-refractivity contribution < 1.29 is 27.5 Å². The second kappa shape index (κ2) is 3.19. The van der Waals surface area contributed by atoms with Crippen molar-refractivity contribution in [2.75, 3.05) is 0 Å².